The molecule has 14 heteroatoms. The molecule has 0 aromatic carbocycles. The molecule has 0 aliphatic heterocycles. The number of hydrogen-bond acceptors (Lipinski definition) is 14. The van der Waals surface area contributed by atoms with E-state index in [-0.39, 0.29) is 45.1 Å². The first-order valence-corrected chi connectivity index (χ1v) is 17.0. The maximum atomic E-state index is 13.2. The quantitative estimate of drug-likeness (QED) is 0.159. The van der Waals surface area contributed by atoms with Gasteiger partial charge in [0.25, 0.3) is 0 Å². The largest absolute Gasteiger partial charge is 0.459 e. The van der Waals surface area contributed by atoms with Crippen LogP contribution < -0.4 is 0 Å². The van der Waals surface area contributed by atoms with Crippen molar-refractivity contribution < 1.29 is 52.5 Å². The molecule has 290 valence electrons. The minimum atomic E-state index is -1.07. The molecule has 1 atom stereocenters. The first kappa shape index (κ1) is 46.9. The van der Waals surface area contributed by atoms with E-state index in [9.17, 15) is 28.8 Å². The Hall–Kier alpha value is -3.10. The summed E-state index contributed by atoms with van der Waals surface area (Å²) >= 11 is 0. The van der Waals surface area contributed by atoms with Crippen LogP contribution in [0.5, 0.6) is 0 Å². The molecular weight excluding hydrogens is 650 g/mol. The Bertz CT molecular complexity index is 1110. The van der Waals surface area contributed by atoms with E-state index in [4.69, 9.17) is 23.7 Å². The average Bonchev–Trinajstić information content (AvgIpc) is 2.78. The van der Waals surface area contributed by atoms with Gasteiger partial charge >= 0.3 is 29.8 Å². The van der Waals surface area contributed by atoms with E-state index in [0.717, 1.165) is 0 Å². The molecule has 0 aliphatic carbocycles. The van der Waals surface area contributed by atoms with Gasteiger partial charge in [0, 0.05) is 19.6 Å². The van der Waals surface area contributed by atoms with Crippen molar-refractivity contribution in [1.82, 2.24) is 14.7 Å². The molecule has 0 fully saturated rings. The molecule has 0 spiro atoms. The van der Waals surface area contributed by atoms with Crippen molar-refractivity contribution >= 4 is 35.6 Å². The maximum absolute atomic E-state index is 13.2. The van der Waals surface area contributed by atoms with Gasteiger partial charge in [-0.25, -0.2) is 0 Å². The molecular formula is C36H65N3O11. The third-order valence-corrected chi connectivity index (χ3v) is 5.90. The molecule has 0 radical (unpaired) electrons. The first-order chi connectivity index (χ1) is 22.2. The summed E-state index contributed by atoms with van der Waals surface area (Å²) in [5.41, 5.74) is -3.98. The van der Waals surface area contributed by atoms with Gasteiger partial charge < -0.3 is 23.7 Å². The van der Waals surface area contributed by atoms with Crippen molar-refractivity contribution in [3.63, 3.8) is 0 Å². The van der Waals surface area contributed by atoms with Crippen molar-refractivity contribution in [3.8, 4) is 0 Å². The summed E-state index contributed by atoms with van der Waals surface area (Å²) in [6, 6.07) is -1.07. The van der Waals surface area contributed by atoms with E-state index in [1.54, 1.807) is 109 Å². The van der Waals surface area contributed by atoms with Crippen LogP contribution in [0.15, 0.2) is 0 Å². The first-order valence-electron chi connectivity index (χ1n) is 17.0. The Balaban J connectivity index is 6.61. The topological polar surface area (TPSA) is 158 Å². The lowest BCUT2D eigenvalue weighted by Gasteiger charge is -2.35. The molecule has 0 saturated heterocycles. The SMILES string of the molecule is CC(=O)[C@@H](CN(CCN(CC(=O)OC(C)(C)C)CC(=O)OC(C)(C)C)CC(=O)OC(C)(C)C)N(CC(=O)OC(C)(C)C)CC(=O)OC(C)(C)C. The third-order valence-electron chi connectivity index (χ3n) is 5.90. The minimum Gasteiger partial charge on any atom is -0.459 e. The van der Waals surface area contributed by atoms with E-state index in [0.29, 0.717) is 0 Å². The van der Waals surface area contributed by atoms with Gasteiger partial charge in [-0.3, -0.25) is 43.5 Å². The minimum absolute atomic E-state index is 0.0708. The van der Waals surface area contributed by atoms with E-state index in [1.165, 1.54) is 16.7 Å². The van der Waals surface area contributed by atoms with Crippen molar-refractivity contribution in [1.29, 1.82) is 0 Å². The summed E-state index contributed by atoms with van der Waals surface area (Å²) in [5, 5.41) is 0. The van der Waals surface area contributed by atoms with E-state index >= 15 is 0 Å². The zero-order valence-electron chi connectivity index (χ0n) is 33.6. The predicted octanol–water partition coefficient (Wildman–Crippen LogP) is 3.56. The second-order valence-electron chi connectivity index (χ2n) is 17.4. The number of carbonyl (C=O) groups excluding carboxylic acids is 6. The number of ketones is 1. The molecule has 0 unspecified atom stereocenters. The molecule has 14 nitrogen and oxygen atoms in total. The van der Waals surface area contributed by atoms with Crippen LogP contribution in [-0.2, 0) is 52.5 Å². The second-order valence-corrected chi connectivity index (χ2v) is 17.4. The number of rotatable bonds is 17. The Morgan fingerprint density at radius 2 is 0.660 bits per heavy atom. The lowest BCUT2D eigenvalue weighted by atomic mass is 10.1. The number of carbonyl (C=O) groups is 6. The summed E-state index contributed by atoms with van der Waals surface area (Å²) in [5.74, 6) is -3.43. The van der Waals surface area contributed by atoms with Crippen molar-refractivity contribution in [2.45, 2.75) is 145 Å². The highest BCUT2D eigenvalue weighted by Gasteiger charge is 2.33. The summed E-state index contributed by atoms with van der Waals surface area (Å²) in [4.78, 5) is 82.5. The Labute approximate surface area is 299 Å². The summed E-state index contributed by atoms with van der Waals surface area (Å²) in [7, 11) is 0. The number of hydrogen-bond donors (Lipinski definition) is 0. The molecule has 0 N–H and O–H groups in total. The van der Waals surface area contributed by atoms with E-state index < -0.39 is 77.0 Å². The zero-order valence-corrected chi connectivity index (χ0v) is 33.6. The van der Waals surface area contributed by atoms with Crippen molar-refractivity contribution in [2.24, 2.45) is 0 Å². The fourth-order valence-corrected chi connectivity index (χ4v) is 4.50. The molecule has 0 aromatic heterocycles. The second kappa shape index (κ2) is 18.9. The van der Waals surface area contributed by atoms with Gasteiger partial charge in [-0.1, -0.05) is 0 Å². The highest BCUT2D eigenvalue weighted by Crippen LogP contribution is 2.15. The molecule has 0 amide bonds. The van der Waals surface area contributed by atoms with Gasteiger partial charge in [0.1, 0.15) is 33.8 Å². The third kappa shape index (κ3) is 24.9. The van der Waals surface area contributed by atoms with E-state index in [1.807, 2.05) is 0 Å². The Morgan fingerprint density at radius 1 is 0.420 bits per heavy atom. The number of ether oxygens (including phenoxy) is 5. The summed E-state index contributed by atoms with van der Waals surface area (Å²) in [6.45, 7) is 25.5. The predicted molar refractivity (Wildman–Crippen MR) is 188 cm³/mol. The molecule has 0 rings (SSSR count). The molecule has 50 heavy (non-hydrogen) atoms. The lowest BCUT2D eigenvalue weighted by molar-refractivity contribution is -0.163. The van der Waals surface area contributed by atoms with Gasteiger partial charge in [-0.2, -0.15) is 0 Å². The number of esters is 5. The number of Topliss-reactive ketones (excluding diaryl/α,β-unsaturated/α-hetero) is 1. The Kier molecular flexibility index (Phi) is 17.8. The zero-order chi connectivity index (χ0) is 39.5. The fraction of sp³-hybridized carbons (Fsp3) is 0.833. The van der Waals surface area contributed by atoms with E-state index in [2.05, 4.69) is 0 Å². The van der Waals surface area contributed by atoms with Crippen LogP contribution in [0.25, 0.3) is 0 Å². The summed E-state index contributed by atoms with van der Waals surface area (Å²) in [6.07, 6.45) is 0. The van der Waals surface area contributed by atoms with Crippen molar-refractivity contribution in [3.05, 3.63) is 0 Å². The molecule has 0 aliphatic rings. The van der Waals surface area contributed by atoms with Crippen LogP contribution in [0.2, 0.25) is 0 Å². The van der Waals surface area contributed by atoms with Crippen LogP contribution in [-0.4, -0.2) is 137 Å². The highest BCUT2D eigenvalue weighted by molar-refractivity contribution is 5.84. The van der Waals surface area contributed by atoms with Gasteiger partial charge in [0.2, 0.25) is 0 Å². The van der Waals surface area contributed by atoms with Gasteiger partial charge in [0.05, 0.1) is 38.8 Å². The maximum Gasteiger partial charge on any atom is 0.320 e. The standard InChI is InChI=1S/C36H65N3O11/c1-25(40)26(39(23-30(44)49-35(11,12)13)24-31(45)50-36(14,15)16)19-37(20-27(41)46-32(2,3)4)17-18-38(21-28(42)47-33(5,6)7)22-29(43)48-34(8,9)10/h26H,17-24H2,1-16H3/t26-/m1/s1. The molecule has 0 heterocycles. The lowest BCUT2D eigenvalue weighted by Crippen LogP contribution is -2.54. The van der Waals surface area contributed by atoms with Crippen molar-refractivity contribution in [2.75, 3.05) is 52.4 Å². The number of nitrogens with zero attached hydrogens (tertiary/aromatic N) is 3. The monoisotopic (exact) mass is 715 g/mol. The molecule has 0 aromatic rings. The normalized spacial score (nSPS) is 13.6. The smallest absolute Gasteiger partial charge is 0.320 e. The van der Waals surface area contributed by atoms with Crippen LogP contribution in [0.1, 0.15) is 111 Å². The van der Waals surface area contributed by atoms with Crippen LogP contribution >= 0.6 is 0 Å². The fourth-order valence-electron chi connectivity index (χ4n) is 4.50. The van der Waals surface area contributed by atoms with Crippen LogP contribution in [0.3, 0.4) is 0 Å². The van der Waals surface area contributed by atoms with Gasteiger partial charge in [-0.15, -0.1) is 0 Å². The van der Waals surface area contributed by atoms with Crippen LogP contribution in [0.4, 0.5) is 0 Å². The Morgan fingerprint density at radius 3 is 0.920 bits per heavy atom. The average molecular weight is 716 g/mol. The summed E-state index contributed by atoms with van der Waals surface area (Å²) < 4.78 is 27.5. The van der Waals surface area contributed by atoms with Gasteiger partial charge in [0.15, 0.2) is 0 Å². The molecule has 0 saturated carbocycles. The van der Waals surface area contributed by atoms with Gasteiger partial charge in [-0.05, 0) is 111 Å². The van der Waals surface area contributed by atoms with Crippen LogP contribution in [0, 0.1) is 0 Å². The highest BCUT2D eigenvalue weighted by atomic mass is 16.6. The molecule has 0 bridgehead atoms.